The largest absolute Gasteiger partial charge is 0.465 e. The summed E-state index contributed by atoms with van der Waals surface area (Å²) >= 11 is 1.43. The summed E-state index contributed by atoms with van der Waals surface area (Å²) in [6.45, 7) is 4.34. The Morgan fingerprint density at radius 1 is 1.71 bits per heavy atom. The summed E-state index contributed by atoms with van der Waals surface area (Å²) in [5.74, 6) is 0.421. The fourth-order valence-electron chi connectivity index (χ4n) is 2.17. The van der Waals surface area contributed by atoms with E-state index in [1.807, 2.05) is 6.07 Å². The van der Waals surface area contributed by atoms with Gasteiger partial charge in [-0.05, 0) is 18.4 Å². The minimum Gasteiger partial charge on any atom is -0.465 e. The Kier molecular flexibility index (Phi) is 3.57. The van der Waals surface area contributed by atoms with Gasteiger partial charge in [0.15, 0.2) is 0 Å². The van der Waals surface area contributed by atoms with Gasteiger partial charge in [-0.2, -0.15) is 0 Å². The van der Waals surface area contributed by atoms with Crippen LogP contribution < -0.4 is 10.6 Å². The van der Waals surface area contributed by atoms with Gasteiger partial charge in [0.2, 0.25) is 0 Å². The number of ether oxygens (including phenoxy) is 1. The van der Waals surface area contributed by atoms with Crippen LogP contribution in [-0.2, 0) is 4.74 Å². The molecule has 0 spiro atoms. The molecule has 2 N–H and O–H groups in total. The van der Waals surface area contributed by atoms with Crippen molar-refractivity contribution in [2.75, 3.05) is 30.8 Å². The van der Waals surface area contributed by atoms with E-state index in [-0.39, 0.29) is 5.97 Å². The molecule has 0 amide bonds. The highest BCUT2D eigenvalue weighted by molar-refractivity contribution is 7.18. The highest BCUT2D eigenvalue weighted by atomic mass is 32.1. The van der Waals surface area contributed by atoms with Crippen molar-refractivity contribution >= 4 is 28.0 Å². The van der Waals surface area contributed by atoms with Crippen LogP contribution in [0.3, 0.4) is 0 Å². The smallest absolute Gasteiger partial charge is 0.350 e. The average Bonchev–Trinajstić information content (AvgIpc) is 2.94. The number of hydrogen-bond acceptors (Lipinski definition) is 5. The summed E-state index contributed by atoms with van der Waals surface area (Å²) < 4.78 is 4.71. The first kappa shape index (κ1) is 12.2. The molecule has 1 aliphatic rings. The number of methoxy groups -OCH3 is 1. The van der Waals surface area contributed by atoms with Gasteiger partial charge in [0.1, 0.15) is 4.88 Å². The Balaban J connectivity index is 2.15. The van der Waals surface area contributed by atoms with Crippen molar-refractivity contribution in [1.29, 1.82) is 0 Å². The molecule has 1 atom stereocenters. The number of nitrogen functional groups attached to an aromatic ring is 1. The molecule has 4 nitrogen and oxygen atoms in total. The lowest BCUT2D eigenvalue weighted by Gasteiger charge is -2.15. The van der Waals surface area contributed by atoms with Gasteiger partial charge in [-0.3, -0.25) is 0 Å². The fourth-order valence-corrected chi connectivity index (χ4v) is 3.20. The van der Waals surface area contributed by atoms with Crippen molar-refractivity contribution in [3.8, 4) is 0 Å². The highest BCUT2D eigenvalue weighted by Gasteiger charge is 2.24. The van der Waals surface area contributed by atoms with Crippen LogP contribution in [0.2, 0.25) is 0 Å². The van der Waals surface area contributed by atoms with Crippen molar-refractivity contribution in [3.05, 3.63) is 10.9 Å². The van der Waals surface area contributed by atoms with Crippen LogP contribution in [0.25, 0.3) is 0 Å². The Hall–Kier alpha value is -1.23. The summed E-state index contributed by atoms with van der Waals surface area (Å²) in [7, 11) is 1.38. The maximum atomic E-state index is 11.5. The monoisotopic (exact) mass is 254 g/mol. The first-order chi connectivity index (χ1) is 8.15. The van der Waals surface area contributed by atoms with Crippen molar-refractivity contribution in [2.45, 2.75) is 19.8 Å². The molecule has 0 bridgehead atoms. The zero-order valence-corrected chi connectivity index (χ0v) is 11.0. The number of esters is 1. The van der Waals surface area contributed by atoms with E-state index in [1.165, 1.54) is 31.3 Å². The van der Waals surface area contributed by atoms with E-state index in [4.69, 9.17) is 10.5 Å². The van der Waals surface area contributed by atoms with Gasteiger partial charge >= 0.3 is 5.97 Å². The molecule has 0 radical (unpaired) electrons. The molecule has 0 aliphatic carbocycles. The number of carbonyl (C=O) groups is 1. The first-order valence-corrected chi connectivity index (χ1v) is 6.70. The number of thiophene rings is 1. The molecule has 1 aromatic heterocycles. The molecule has 94 valence electrons. The van der Waals surface area contributed by atoms with Crippen LogP contribution in [-0.4, -0.2) is 26.2 Å². The van der Waals surface area contributed by atoms with Crippen molar-refractivity contribution < 1.29 is 9.53 Å². The maximum Gasteiger partial charge on any atom is 0.350 e. The Morgan fingerprint density at radius 3 is 3.06 bits per heavy atom. The van der Waals surface area contributed by atoms with Crippen molar-refractivity contribution in [2.24, 2.45) is 5.92 Å². The molecule has 5 heteroatoms. The quantitative estimate of drug-likeness (QED) is 0.841. The fraction of sp³-hybridized carbons (Fsp3) is 0.583. The van der Waals surface area contributed by atoms with Gasteiger partial charge in [-0.1, -0.05) is 13.3 Å². The Labute approximate surface area is 105 Å². The standard InChI is InChI=1S/C12H18N2O2S/c1-3-8-4-5-14(7-8)10-6-9(13)11(17-10)12(15)16-2/h6,8H,3-5,7,13H2,1-2H3. The van der Waals surface area contributed by atoms with Crippen LogP contribution in [0.1, 0.15) is 29.4 Å². The predicted octanol–water partition coefficient (Wildman–Crippen LogP) is 2.35. The van der Waals surface area contributed by atoms with Crippen LogP contribution in [0.4, 0.5) is 10.7 Å². The van der Waals surface area contributed by atoms with Gasteiger partial charge in [-0.15, -0.1) is 11.3 Å². The minimum atomic E-state index is -0.343. The van der Waals surface area contributed by atoms with Gasteiger partial charge in [0.25, 0.3) is 0 Å². The molecule has 1 aliphatic heterocycles. The average molecular weight is 254 g/mol. The molecule has 1 saturated heterocycles. The number of rotatable bonds is 3. The molecule has 17 heavy (non-hydrogen) atoms. The third-order valence-electron chi connectivity index (χ3n) is 3.29. The normalized spacial score (nSPS) is 19.6. The third kappa shape index (κ3) is 2.39. The van der Waals surface area contributed by atoms with Crippen LogP contribution in [0.15, 0.2) is 6.07 Å². The van der Waals surface area contributed by atoms with E-state index in [9.17, 15) is 4.79 Å². The number of nitrogens with two attached hydrogens (primary N) is 1. The summed E-state index contributed by atoms with van der Waals surface area (Å²) in [5, 5.41) is 1.08. The second-order valence-corrected chi connectivity index (χ2v) is 5.40. The molecule has 1 aromatic rings. The third-order valence-corrected chi connectivity index (χ3v) is 4.49. The molecule has 0 saturated carbocycles. The predicted molar refractivity (Wildman–Crippen MR) is 70.7 cm³/mol. The van der Waals surface area contributed by atoms with E-state index in [2.05, 4.69) is 11.8 Å². The topological polar surface area (TPSA) is 55.6 Å². The van der Waals surface area contributed by atoms with Gasteiger partial charge < -0.3 is 15.4 Å². The van der Waals surface area contributed by atoms with Gasteiger partial charge in [0.05, 0.1) is 17.8 Å². The van der Waals surface area contributed by atoms with Gasteiger partial charge in [0, 0.05) is 13.1 Å². The second kappa shape index (κ2) is 4.96. The molecular formula is C12H18N2O2S. The molecule has 1 fully saturated rings. The molecular weight excluding hydrogens is 236 g/mol. The number of nitrogens with zero attached hydrogens (tertiary/aromatic N) is 1. The summed E-state index contributed by atoms with van der Waals surface area (Å²) in [5.41, 5.74) is 6.36. The van der Waals surface area contributed by atoms with Gasteiger partial charge in [-0.25, -0.2) is 4.79 Å². The number of carbonyl (C=O) groups excluding carboxylic acids is 1. The van der Waals surface area contributed by atoms with E-state index < -0.39 is 0 Å². The lowest BCUT2D eigenvalue weighted by atomic mass is 10.1. The number of anilines is 2. The lowest BCUT2D eigenvalue weighted by molar-refractivity contribution is 0.0607. The lowest BCUT2D eigenvalue weighted by Crippen LogP contribution is -2.18. The minimum absolute atomic E-state index is 0.343. The SMILES string of the molecule is CCC1CCN(c2cc(N)c(C(=O)OC)s2)C1. The zero-order chi connectivity index (χ0) is 12.4. The first-order valence-electron chi connectivity index (χ1n) is 5.88. The van der Waals surface area contributed by atoms with Crippen molar-refractivity contribution in [1.82, 2.24) is 0 Å². The summed E-state index contributed by atoms with van der Waals surface area (Å²) in [6.07, 6.45) is 2.43. The second-order valence-electron chi connectivity index (χ2n) is 4.37. The number of hydrogen-bond donors (Lipinski definition) is 1. The molecule has 2 heterocycles. The van der Waals surface area contributed by atoms with E-state index >= 15 is 0 Å². The summed E-state index contributed by atoms with van der Waals surface area (Å²) in [4.78, 5) is 14.3. The summed E-state index contributed by atoms with van der Waals surface area (Å²) in [6, 6.07) is 1.88. The highest BCUT2D eigenvalue weighted by Crippen LogP contribution is 2.35. The Morgan fingerprint density at radius 2 is 2.47 bits per heavy atom. The van der Waals surface area contributed by atoms with E-state index in [0.29, 0.717) is 10.6 Å². The van der Waals surface area contributed by atoms with E-state index in [1.54, 1.807) is 0 Å². The van der Waals surface area contributed by atoms with Crippen LogP contribution in [0.5, 0.6) is 0 Å². The van der Waals surface area contributed by atoms with Crippen molar-refractivity contribution in [3.63, 3.8) is 0 Å². The Bertz CT molecular complexity index is 417. The van der Waals surface area contributed by atoms with E-state index in [0.717, 1.165) is 24.0 Å². The molecule has 0 aromatic carbocycles. The maximum absolute atomic E-state index is 11.5. The molecule has 2 rings (SSSR count). The van der Waals surface area contributed by atoms with Crippen LogP contribution >= 0.6 is 11.3 Å². The molecule has 1 unspecified atom stereocenters. The zero-order valence-electron chi connectivity index (χ0n) is 10.2. The van der Waals surface area contributed by atoms with Crippen LogP contribution in [0, 0.1) is 5.92 Å².